The first kappa shape index (κ1) is 35.6. The van der Waals surface area contributed by atoms with Crippen molar-refractivity contribution in [2.75, 3.05) is 46.1 Å². The second kappa shape index (κ2) is 16.2. The van der Waals surface area contributed by atoms with Crippen LogP contribution in [0, 0.1) is 0 Å². The number of aromatic nitrogens is 1. The Kier molecular flexibility index (Phi) is 11.3. The Morgan fingerprint density at radius 1 is 0.961 bits per heavy atom. The van der Waals surface area contributed by atoms with E-state index in [-0.39, 0.29) is 36.4 Å². The average molecular weight is 712 g/mol. The van der Waals surface area contributed by atoms with Crippen LogP contribution in [0.4, 0.5) is 0 Å². The Morgan fingerprint density at radius 3 is 2.39 bits per heavy atom. The number of nitrogens with zero attached hydrogens (tertiary/aromatic N) is 3. The van der Waals surface area contributed by atoms with Gasteiger partial charge in [-0.15, -0.1) is 0 Å². The summed E-state index contributed by atoms with van der Waals surface area (Å²) in [4.78, 5) is 47.9. The fraction of sp³-hybridized carbons (Fsp3) is 0.333. The molecule has 0 unspecified atom stereocenters. The number of hydrogen-bond donors (Lipinski definition) is 0. The summed E-state index contributed by atoms with van der Waals surface area (Å²) in [5, 5.41) is 0. The van der Waals surface area contributed by atoms with E-state index in [9.17, 15) is 14.4 Å². The lowest BCUT2D eigenvalue weighted by molar-refractivity contribution is -0.139. The average Bonchev–Trinajstić information content (AvgIpc) is 3.45. The molecule has 11 nitrogen and oxygen atoms in total. The van der Waals surface area contributed by atoms with Gasteiger partial charge in [-0.25, -0.2) is 9.79 Å². The van der Waals surface area contributed by atoms with Gasteiger partial charge in [-0.1, -0.05) is 59.9 Å². The molecular formula is C39H41N3O8S. The lowest BCUT2D eigenvalue weighted by Crippen LogP contribution is -2.43. The summed E-state index contributed by atoms with van der Waals surface area (Å²) in [5.41, 5.74) is 2.53. The highest BCUT2D eigenvalue weighted by Gasteiger charge is 2.35. The van der Waals surface area contributed by atoms with Gasteiger partial charge >= 0.3 is 5.97 Å². The van der Waals surface area contributed by atoms with E-state index in [0.29, 0.717) is 76.3 Å². The van der Waals surface area contributed by atoms with E-state index in [2.05, 4.69) is 0 Å². The molecule has 1 saturated heterocycles. The molecule has 3 aromatic carbocycles. The van der Waals surface area contributed by atoms with E-state index in [1.165, 1.54) is 11.3 Å². The monoisotopic (exact) mass is 711 g/mol. The predicted molar refractivity (Wildman–Crippen MR) is 194 cm³/mol. The largest absolute Gasteiger partial charge is 0.491 e. The number of fused-ring (bicyclic) bond motifs is 1. The number of morpholine rings is 1. The van der Waals surface area contributed by atoms with E-state index >= 15 is 0 Å². The topological polar surface area (TPSA) is 118 Å². The number of esters is 1. The SMILES string of the molecule is CCOC(=O)C1=C(c2ccccc2)N=c2s/c(=C\c3ccc(OCC(=O)N4CCOCC4)c(OCC)c3)c(=O)n2[C@H]1c1ccc(OC(C)C)cc1. The molecular weight excluding hydrogens is 671 g/mol. The van der Waals surface area contributed by atoms with E-state index in [1.54, 1.807) is 40.7 Å². The first-order valence-electron chi connectivity index (χ1n) is 17.1. The van der Waals surface area contributed by atoms with Crippen molar-refractivity contribution in [2.45, 2.75) is 39.8 Å². The molecule has 1 atom stereocenters. The molecule has 1 fully saturated rings. The third kappa shape index (κ3) is 8.08. The molecule has 0 N–H and O–H groups in total. The summed E-state index contributed by atoms with van der Waals surface area (Å²) in [6.07, 6.45) is 1.75. The minimum Gasteiger partial charge on any atom is -0.491 e. The van der Waals surface area contributed by atoms with Crippen molar-refractivity contribution >= 4 is 35.0 Å². The van der Waals surface area contributed by atoms with Crippen LogP contribution in [-0.4, -0.2) is 73.6 Å². The maximum Gasteiger partial charge on any atom is 0.338 e. The van der Waals surface area contributed by atoms with Gasteiger partial charge in [0, 0.05) is 18.7 Å². The molecule has 3 heterocycles. The summed E-state index contributed by atoms with van der Waals surface area (Å²) >= 11 is 1.23. The Morgan fingerprint density at radius 2 is 1.71 bits per heavy atom. The van der Waals surface area contributed by atoms with Crippen molar-refractivity contribution < 1.29 is 33.3 Å². The van der Waals surface area contributed by atoms with Crippen LogP contribution in [-0.2, 0) is 19.1 Å². The first-order valence-corrected chi connectivity index (χ1v) is 17.9. The second-order valence-corrected chi connectivity index (χ2v) is 13.1. The zero-order valence-electron chi connectivity index (χ0n) is 29.1. The van der Waals surface area contributed by atoms with Gasteiger partial charge in [0.05, 0.1) is 54.4 Å². The van der Waals surface area contributed by atoms with Crippen LogP contribution in [0.5, 0.6) is 17.2 Å². The zero-order chi connectivity index (χ0) is 35.9. The highest BCUT2D eigenvalue weighted by Crippen LogP contribution is 2.36. The zero-order valence-corrected chi connectivity index (χ0v) is 29.9. The number of ether oxygens (including phenoxy) is 5. The Balaban J connectivity index is 1.43. The van der Waals surface area contributed by atoms with Gasteiger partial charge in [-0.05, 0) is 69.2 Å². The molecule has 51 heavy (non-hydrogen) atoms. The van der Waals surface area contributed by atoms with E-state index in [1.807, 2.05) is 75.4 Å². The number of thiazole rings is 1. The minimum atomic E-state index is -0.815. The van der Waals surface area contributed by atoms with Crippen LogP contribution in [0.3, 0.4) is 0 Å². The first-order chi connectivity index (χ1) is 24.8. The summed E-state index contributed by atoms with van der Waals surface area (Å²) in [6.45, 7) is 9.99. The lowest BCUT2D eigenvalue weighted by Gasteiger charge is -2.26. The standard InChI is InChI=1S/C39H41N3O8S/c1-5-47-31-22-26(12-17-30(31)49-24-33(43)41-18-20-46-21-19-41)23-32-37(44)42-36(28-13-15-29(16-14-28)50-25(3)4)34(38(45)48-6-2)35(40-39(42)51-32)27-10-8-7-9-11-27/h7-17,22-23,25,36H,5-6,18-21,24H2,1-4H3/b32-23-/t36-/m0/s1. The molecule has 2 aliphatic rings. The molecule has 6 rings (SSSR count). The summed E-state index contributed by atoms with van der Waals surface area (Å²) in [5.74, 6) is 0.875. The third-order valence-corrected chi connectivity index (χ3v) is 9.20. The molecule has 0 radical (unpaired) electrons. The molecule has 0 saturated carbocycles. The van der Waals surface area contributed by atoms with Gasteiger partial charge in [0.15, 0.2) is 22.9 Å². The van der Waals surface area contributed by atoms with E-state index < -0.39 is 12.0 Å². The number of hydrogen-bond acceptors (Lipinski definition) is 10. The number of carbonyl (C=O) groups excluding carboxylic acids is 2. The van der Waals surface area contributed by atoms with Crippen LogP contribution < -0.4 is 29.1 Å². The van der Waals surface area contributed by atoms with Gasteiger partial charge in [-0.2, -0.15) is 0 Å². The van der Waals surface area contributed by atoms with Crippen molar-refractivity contribution in [3.63, 3.8) is 0 Å². The van der Waals surface area contributed by atoms with Gasteiger partial charge in [0.2, 0.25) is 0 Å². The fourth-order valence-electron chi connectivity index (χ4n) is 5.95. The quantitative estimate of drug-likeness (QED) is 0.199. The highest BCUT2D eigenvalue weighted by molar-refractivity contribution is 7.07. The maximum atomic E-state index is 14.4. The smallest absolute Gasteiger partial charge is 0.338 e. The Bertz CT molecular complexity index is 2080. The Labute approximate surface area is 300 Å². The summed E-state index contributed by atoms with van der Waals surface area (Å²) in [6, 6.07) is 21.3. The van der Waals surface area contributed by atoms with Gasteiger partial charge < -0.3 is 28.6 Å². The molecule has 0 spiro atoms. The van der Waals surface area contributed by atoms with Crippen LogP contribution in [0.1, 0.15) is 50.4 Å². The lowest BCUT2D eigenvalue weighted by atomic mass is 9.93. The normalized spacial score (nSPS) is 16.1. The van der Waals surface area contributed by atoms with Crippen LogP contribution in [0.25, 0.3) is 11.8 Å². The third-order valence-electron chi connectivity index (χ3n) is 8.22. The van der Waals surface area contributed by atoms with Crippen molar-refractivity contribution in [3.05, 3.63) is 115 Å². The van der Waals surface area contributed by atoms with E-state index in [4.69, 9.17) is 28.7 Å². The van der Waals surface area contributed by atoms with Crippen LogP contribution in [0.15, 0.2) is 88.2 Å². The molecule has 1 amide bonds. The van der Waals surface area contributed by atoms with Gasteiger partial charge in [0.25, 0.3) is 11.5 Å². The predicted octanol–water partition coefficient (Wildman–Crippen LogP) is 4.36. The molecule has 2 aliphatic heterocycles. The molecule has 1 aromatic heterocycles. The van der Waals surface area contributed by atoms with Crippen LogP contribution >= 0.6 is 11.3 Å². The van der Waals surface area contributed by atoms with Crippen molar-refractivity contribution in [2.24, 2.45) is 4.99 Å². The molecule has 4 aromatic rings. The number of carbonyl (C=O) groups is 2. The number of amides is 1. The number of rotatable bonds is 12. The number of benzene rings is 3. The summed E-state index contributed by atoms with van der Waals surface area (Å²) < 4.78 is 30.5. The molecule has 266 valence electrons. The molecule has 0 bridgehead atoms. The van der Waals surface area contributed by atoms with Crippen LogP contribution in [0.2, 0.25) is 0 Å². The van der Waals surface area contributed by atoms with Crippen molar-refractivity contribution in [1.82, 2.24) is 9.47 Å². The van der Waals surface area contributed by atoms with Crippen molar-refractivity contribution in [1.29, 1.82) is 0 Å². The van der Waals surface area contributed by atoms with E-state index in [0.717, 1.165) is 5.56 Å². The summed E-state index contributed by atoms with van der Waals surface area (Å²) in [7, 11) is 0. The van der Waals surface area contributed by atoms with Crippen molar-refractivity contribution in [3.8, 4) is 17.2 Å². The molecule has 12 heteroatoms. The Hall–Kier alpha value is -5.20. The fourth-order valence-corrected chi connectivity index (χ4v) is 6.95. The van der Waals surface area contributed by atoms with Gasteiger partial charge in [-0.3, -0.25) is 14.2 Å². The van der Waals surface area contributed by atoms with Gasteiger partial charge in [0.1, 0.15) is 5.75 Å². The maximum absolute atomic E-state index is 14.4. The second-order valence-electron chi connectivity index (χ2n) is 12.1. The highest BCUT2D eigenvalue weighted by atomic mass is 32.1. The molecule has 0 aliphatic carbocycles. The minimum absolute atomic E-state index is 0.0188.